The van der Waals surface area contributed by atoms with E-state index in [-0.39, 0.29) is 0 Å². The average Bonchev–Trinajstić information content (AvgIpc) is 2.42. The van der Waals surface area contributed by atoms with E-state index in [9.17, 15) is 9.50 Å². The van der Waals surface area contributed by atoms with Crippen molar-refractivity contribution in [1.29, 1.82) is 0 Å². The standard InChI is InChI=1S/C9H13FO2/c1-5-3-4-9(11)7(10)6(2)12-8(5)9/h3,6-8,11H,4H2,1-2H3/t6-,7+,8+,9-/m0/s1. The van der Waals surface area contributed by atoms with Crippen LogP contribution in [0, 0.1) is 0 Å². The van der Waals surface area contributed by atoms with E-state index >= 15 is 0 Å². The molecule has 1 aliphatic heterocycles. The molecule has 1 N–H and O–H groups in total. The minimum atomic E-state index is -1.27. The molecule has 3 heteroatoms. The molecular weight excluding hydrogens is 159 g/mol. The van der Waals surface area contributed by atoms with E-state index in [1.54, 1.807) is 6.92 Å². The van der Waals surface area contributed by atoms with E-state index in [2.05, 4.69) is 0 Å². The fourth-order valence-electron chi connectivity index (χ4n) is 2.11. The van der Waals surface area contributed by atoms with Crippen molar-refractivity contribution in [2.75, 3.05) is 0 Å². The molecule has 1 heterocycles. The van der Waals surface area contributed by atoms with Gasteiger partial charge in [-0.15, -0.1) is 0 Å². The Hall–Kier alpha value is -0.410. The zero-order valence-electron chi connectivity index (χ0n) is 7.25. The smallest absolute Gasteiger partial charge is 0.158 e. The monoisotopic (exact) mass is 172 g/mol. The Bertz CT molecular complexity index is 239. The predicted molar refractivity (Wildman–Crippen MR) is 42.6 cm³/mol. The summed E-state index contributed by atoms with van der Waals surface area (Å²) in [6.07, 6.45) is 0.0837. The first-order valence-electron chi connectivity index (χ1n) is 4.24. The molecule has 2 nitrogen and oxygen atoms in total. The van der Waals surface area contributed by atoms with Gasteiger partial charge < -0.3 is 9.84 Å². The Morgan fingerprint density at radius 2 is 2.42 bits per heavy atom. The van der Waals surface area contributed by atoms with Crippen molar-refractivity contribution in [3.63, 3.8) is 0 Å². The second-order valence-corrected chi connectivity index (χ2v) is 3.77. The van der Waals surface area contributed by atoms with Crippen molar-refractivity contribution in [3.05, 3.63) is 11.6 Å². The Labute approximate surface area is 71.0 Å². The molecule has 68 valence electrons. The first kappa shape index (κ1) is 8.20. The number of hydrogen-bond donors (Lipinski definition) is 1. The van der Waals surface area contributed by atoms with Crippen molar-refractivity contribution >= 4 is 0 Å². The van der Waals surface area contributed by atoms with Gasteiger partial charge in [-0.2, -0.15) is 0 Å². The molecule has 1 saturated heterocycles. The average molecular weight is 172 g/mol. The topological polar surface area (TPSA) is 29.5 Å². The van der Waals surface area contributed by atoms with Crippen LogP contribution in [0.25, 0.3) is 0 Å². The molecular formula is C9H13FO2. The Kier molecular flexibility index (Phi) is 1.57. The number of rotatable bonds is 0. The van der Waals surface area contributed by atoms with E-state index < -0.39 is 24.0 Å². The molecule has 1 aliphatic carbocycles. The van der Waals surface area contributed by atoms with E-state index in [1.165, 1.54) is 0 Å². The van der Waals surface area contributed by atoms with Crippen molar-refractivity contribution in [3.8, 4) is 0 Å². The number of ether oxygens (including phenoxy) is 1. The lowest BCUT2D eigenvalue weighted by Gasteiger charge is -2.23. The Morgan fingerprint density at radius 1 is 1.75 bits per heavy atom. The second kappa shape index (κ2) is 2.30. The van der Waals surface area contributed by atoms with Crippen LogP contribution < -0.4 is 0 Å². The maximum absolute atomic E-state index is 13.4. The van der Waals surface area contributed by atoms with E-state index in [0.29, 0.717) is 6.42 Å². The highest BCUT2D eigenvalue weighted by atomic mass is 19.1. The second-order valence-electron chi connectivity index (χ2n) is 3.77. The van der Waals surface area contributed by atoms with Gasteiger partial charge in [0.1, 0.15) is 11.7 Å². The molecule has 0 aromatic heterocycles. The summed E-state index contributed by atoms with van der Waals surface area (Å²) in [6, 6.07) is 0. The van der Waals surface area contributed by atoms with Crippen LogP contribution in [0.1, 0.15) is 20.3 Å². The number of fused-ring (bicyclic) bond motifs is 1. The molecule has 0 saturated carbocycles. The third kappa shape index (κ3) is 0.808. The van der Waals surface area contributed by atoms with Crippen LogP contribution in [0.3, 0.4) is 0 Å². The van der Waals surface area contributed by atoms with Crippen LogP contribution in [0.4, 0.5) is 4.39 Å². The fraction of sp³-hybridized carbons (Fsp3) is 0.778. The summed E-state index contributed by atoms with van der Waals surface area (Å²) in [5.41, 5.74) is -0.326. The number of hydrogen-bond acceptors (Lipinski definition) is 2. The van der Waals surface area contributed by atoms with Crippen LogP contribution in [-0.2, 0) is 4.74 Å². The number of halogens is 1. The van der Waals surface area contributed by atoms with Gasteiger partial charge in [-0.25, -0.2) is 4.39 Å². The van der Waals surface area contributed by atoms with Gasteiger partial charge in [0.2, 0.25) is 0 Å². The molecule has 0 aromatic carbocycles. The first-order chi connectivity index (χ1) is 5.55. The van der Waals surface area contributed by atoms with Crippen LogP contribution in [-0.4, -0.2) is 29.1 Å². The van der Waals surface area contributed by atoms with E-state index in [1.807, 2.05) is 13.0 Å². The lowest BCUT2D eigenvalue weighted by Crippen LogP contribution is -2.42. The SMILES string of the molecule is CC1=CC[C@@]2(O)[C@@H]1O[C@@H](C)[C@H]2F. The maximum Gasteiger partial charge on any atom is 0.158 e. The van der Waals surface area contributed by atoms with Gasteiger partial charge >= 0.3 is 0 Å². The van der Waals surface area contributed by atoms with Crippen molar-refractivity contribution in [1.82, 2.24) is 0 Å². The normalized spacial score (nSPS) is 52.3. The van der Waals surface area contributed by atoms with Gasteiger partial charge in [-0.05, 0) is 19.4 Å². The molecule has 0 aromatic rings. The van der Waals surface area contributed by atoms with Crippen LogP contribution >= 0.6 is 0 Å². The molecule has 0 amide bonds. The highest BCUT2D eigenvalue weighted by molar-refractivity contribution is 5.26. The van der Waals surface area contributed by atoms with E-state index in [0.717, 1.165) is 5.57 Å². The fourth-order valence-corrected chi connectivity index (χ4v) is 2.11. The van der Waals surface area contributed by atoms with Gasteiger partial charge in [-0.1, -0.05) is 6.08 Å². The summed E-state index contributed by atoms with van der Waals surface area (Å²) in [7, 11) is 0. The molecule has 2 aliphatic rings. The minimum absolute atomic E-state index is 0.384. The first-order valence-corrected chi connectivity index (χ1v) is 4.24. The summed E-state index contributed by atoms with van der Waals surface area (Å²) in [5.74, 6) is 0. The maximum atomic E-state index is 13.4. The van der Waals surface area contributed by atoms with Crippen molar-refractivity contribution < 1.29 is 14.2 Å². The molecule has 2 rings (SSSR count). The summed E-state index contributed by atoms with van der Waals surface area (Å²) >= 11 is 0. The molecule has 0 spiro atoms. The summed E-state index contributed by atoms with van der Waals surface area (Å²) in [4.78, 5) is 0. The molecule has 4 atom stereocenters. The van der Waals surface area contributed by atoms with E-state index in [4.69, 9.17) is 4.74 Å². The Morgan fingerprint density at radius 3 is 3.00 bits per heavy atom. The predicted octanol–water partition coefficient (Wildman–Crippen LogP) is 1.19. The lowest BCUT2D eigenvalue weighted by molar-refractivity contribution is -0.0310. The quantitative estimate of drug-likeness (QED) is 0.556. The molecule has 0 unspecified atom stereocenters. The van der Waals surface area contributed by atoms with Crippen LogP contribution in [0.5, 0.6) is 0 Å². The summed E-state index contributed by atoms with van der Waals surface area (Å²) in [5, 5.41) is 9.89. The van der Waals surface area contributed by atoms with Crippen LogP contribution in [0.2, 0.25) is 0 Å². The minimum Gasteiger partial charge on any atom is -0.383 e. The van der Waals surface area contributed by atoms with Crippen LogP contribution in [0.15, 0.2) is 11.6 Å². The van der Waals surface area contributed by atoms with Gasteiger partial charge in [0.25, 0.3) is 0 Å². The van der Waals surface area contributed by atoms with Crippen molar-refractivity contribution in [2.24, 2.45) is 0 Å². The zero-order chi connectivity index (χ0) is 8.93. The molecule has 1 fully saturated rings. The van der Waals surface area contributed by atoms with Gasteiger partial charge in [0.05, 0.1) is 6.10 Å². The third-order valence-corrected chi connectivity index (χ3v) is 2.86. The molecule has 0 radical (unpaired) electrons. The molecule has 0 bridgehead atoms. The van der Waals surface area contributed by atoms with Gasteiger partial charge in [0.15, 0.2) is 6.17 Å². The van der Waals surface area contributed by atoms with Gasteiger partial charge in [0, 0.05) is 6.42 Å². The Balaban J connectivity index is 2.31. The summed E-state index contributed by atoms with van der Waals surface area (Å²) < 4.78 is 18.7. The zero-order valence-corrected chi connectivity index (χ0v) is 7.25. The highest BCUT2D eigenvalue weighted by Crippen LogP contribution is 2.43. The van der Waals surface area contributed by atoms with Gasteiger partial charge in [-0.3, -0.25) is 0 Å². The lowest BCUT2D eigenvalue weighted by atomic mass is 9.92. The van der Waals surface area contributed by atoms with Crippen molar-refractivity contribution in [2.45, 2.75) is 44.2 Å². The summed E-state index contributed by atoms with van der Waals surface area (Å²) in [6.45, 7) is 3.53. The highest BCUT2D eigenvalue weighted by Gasteiger charge is 2.57. The largest absolute Gasteiger partial charge is 0.383 e. The number of alkyl halides is 1. The number of aliphatic hydroxyl groups is 1. The third-order valence-electron chi connectivity index (χ3n) is 2.86. The molecule has 12 heavy (non-hydrogen) atoms.